The Morgan fingerprint density at radius 1 is 1.73 bits per heavy atom. The molecule has 84 valence electrons. The molecule has 0 bridgehead atoms. The highest BCUT2D eigenvalue weighted by atomic mass is 79.9. The first-order valence-electron chi connectivity index (χ1n) is 4.44. The number of hydrogen-bond donors (Lipinski definition) is 1. The fourth-order valence-electron chi connectivity index (χ4n) is 1.07. The van der Waals surface area contributed by atoms with Gasteiger partial charge in [-0.2, -0.15) is 17.3 Å². The molecule has 1 atom stereocenters. The molecule has 0 saturated heterocycles. The van der Waals surface area contributed by atoms with Crippen molar-refractivity contribution in [3.63, 3.8) is 0 Å². The number of nitrogens with zero attached hydrogens (tertiary/aromatic N) is 4. The zero-order chi connectivity index (χ0) is 11.4. The SMILES string of the molecule is CCC(CS)Cn1nc([N+](=O)[O-])nc1Br. The molecule has 0 amide bonds. The van der Waals surface area contributed by atoms with Crippen molar-refractivity contribution in [2.75, 3.05) is 5.75 Å². The quantitative estimate of drug-likeness (QED) is 0.511. The molecule has 0 aromatic carbocycles. The van der Waals surface area contributed by atoms with Crippen LogP contribution in [0.15, 0.2) is 4.73 Å². The van der Waals surface area contributed by atoms with Crippen LogP contribution in [0, 0.1) is 16.0 Å². The summed E-state index contributed by atoms with van der Waals surface area (Å²) in [6.07, 6.45) is 0.948. The Morgan fingerprint density at radius 3 is 2.80 bits per heavy atom. The summed E-state index contributed by atoms with van der Waals surface area (Å²) in [6, 6.07) is 0. The minimum absolute atomic E-state index is 0.339. The van der Waals surface area contributed by atoms with E-state index in [1.165, 1.54) is 4.68 Å². The number of hydrogen-bond acceptors (Lipinski definition) is 5. The monoisotopic (exact) mass is 294 g/mol. The third-order valence-electron chi connectivity index (χ3n) is 2.05. The molecule has 0 spiro atoms. The summed E-state index contributed by atoms with van der Waals surface area (Å²) in [5, 5.41) is 14.2. The Hall–Kier alpha value is -0.630. The molecule has 8 heteroatoms. The summed E-state index contributed by atoms with van der Waals surface area (Å²) in [4.78, 5) is 13.5. The lowest BCUT2D eigenvalue weighted by molar-refractivity contribution is -0.394. The molecule has 1 heterocycles. The molecular formula is C7H11BrN4O2S. The van der Waals surface area contributed by atoms with Gasteiger partial charge < -0.3 is 10.1 Å². The fraction of sp³-hybridized carbons (Fsp3) is 0.714. The normalized spacial score (nSPS) is 12.7. The fourth-order valence-corrected chi connectivity index (χ4v) is 1.82. The summed E-state index contributed by atoms with van der Waals surface area (Å²) < 4.78 is 1.87. The summed E-state index contributed by atoms with van der Waals surface area (Å²) in [5.74, 6) is 0.679. The van der Waals surface area contributed by atoms with Gasteiger partial charge in [0.15, 0.2) is 0 Å². The molecular weight excluding hydrogens is 284 g/mol. The van der Waals surface area contributed by atoms with Gasteiger partial charge in [-0.1, -0.05) is 13.3 Å². The lowest BCUT2D eigenvalue weighted by Gasteiger charge is -2.08. The topological polar surface area (TPSA) is 73.8 Å². The molecule has 1 unspecified atom stereocenters. The minimum atomic E-state index is -0.608. The van der Waals surface area contributed by atoms with Crippen molar-refractivity contribution in [3.05, 3.63) is 14.8 Å². The van der Waals surface area contributed by atoms with E-state index < -0.39 is 4.92 Å². The van der Waals surface area contributed by atoms with E-state index in [2.05, 4.69) is 38.6 Å². The average molecular weight is 295 g/mol. The molecule has 0 fully saturated rings. The van der Waals surface area contributed by atoms with E-state index in [1.807, 2.05) is 6.92 Å². The van der Waals surface area contributed by atoms with E-state index in [9.17, 15) is 10.1 Å². The average Bonchev–Trinajstić information content (AvgIpc) is 2.56. The molecule has 0 N–H and O–H groups in total. The van der Waals surface area contributed by atoms with Crippen LogP contribution in [-0.4, -0.2) is 25.4 Å². The second kappa shape index (κ2) is 5.45. The standard InChI is InChI=1S/C7H11BrN4O2S/c1-2-5(4-15)3-11-6(8)9-7(10-11)12(13)14/h5,15H,2-4H2,1H3. The van der Waals surface area contributed by atoms with Gasteiger partial charge in [0, 0.05) is 21.0 Å². The van der Waals surface area contributed by atoms with Crippen LogP contribution in [0.1, 0.15) is 13.3 Å². The van der Waals surface area contributed by atoms with Crippen molar-refractivity contribution in [1.29, 1.82) is 0 Å². The molecule has 0 aliphatic carbocycles. The lowest BCUT2D eigenvalue weighted by Crippen LogP contribution is -2.13. The van der Waals surface area contributed by atoms with Gasteiger partial charge in [-0.25, -0.2) is 0 Å². The van der Waals surface area contributed by atoms with Gasteiger partial charge in [0.05, 0.1) is 6.54 Å². The number of rotatable bonds is 5. The predicted octanol–water partition coefficient (Wildman–Crippen LogP) is 1.90. The lowest BCUT2D eigenvalue weighted by atomic mass is 10.1. The van der Waals surface area contributed by atoms with Crippen molar-refractivity contribution < 1.29 is 4.92 Å². The van der Waals surface area contributed by atoms with E-state index in [-0.39, 0.29) is 5.95 Å². The number of thiol groups is 1. The molecule has 6 nitrogen and oxygen atoms in total. The molecule has 15 heavy (non-hydrogen) atoms. The highest BCUT2D eigenvalue weighted by Crippen LogP contribution is 2.15. The maximum Gasteiger partial charge on any atom is 0.492 e. The zero-order valence-electron chi connectivity index (χ0n) is 8.13. The van der Waals surface area contributed by atoms with Crippen LogP contribution >= 0.6 is 28.6 Å². The van der Waals surface area contributed by atoms with Crippen molar-refractivity contribution in [3.8, 4) is 0 Å². The van der Waals surface area contributed by atoms with Crippen molar-refractivity contribution in [1.82, 2.24) is 14.8 Å². The summed E-state index contributed by atoms with van der Waals surface area (Å²) in [5.41, 5.74) is 0. The minimum Gasteiger partial charge on any atom is -0.390 e. The molecule has 0 aliphatic rings. The maximum absolute atomic E-state index is 10.4. The number of halogens is 1. The van der Waals surface area contributed by atoms with Gasteiger partial charge in [0.2, 0.25) is 0 Å². The first-order chi connectivity index (χ1) is 7.08. The molecule has 1 aromatic rings. The van der Waals surface area contributed by atoms with Crippen molar-refractivity contribution >= 4 is 34.5 Å². The van der Waals surface area contributed by atoms with Crippen LogP contribution in [0.2, 0.25) is 0 Å². The highest BCUT2D eigenvalue weighted by Gasteiger charge is 2.20. The van der Waals surface area contributed by atoms with Crippen molar-refractivity contribution in [2.45, 2.75) is 19.9 Å². The molecule has 0 radical (unpaired) electrons. The second-order valence-electron chi connectivity index (χ2n) is 3.08. The Kier molecular flexibility index (Phi) is 4.52. The third-order valence-corrected chi connectivity index (χ3v) is 3.15. The Bertz CT molecular complexity index is 353. The van der Waals surface area contributed by atoms with E-state index in [0.717, 1.165) is 12.2 Å². The first-order valence-corrected chi connectivity index (χ1v) is 5.86. The summed E-state index contributed by atoms with van der Waals surface area (Å²) in [6.45, 7) is 2.63. The van der Waals surface area contributed by atoms with E-state index in [0.29, 0.717) is 17.2 Å². The summed E-state index contributed by atoms with van der Waals surface area (Å²) >= 11 is 7.33. The van der Waals surface area contributed by atoms with Crippen molar-refractivity contribution in [2.24, 2.45) is 5.92 Å². The van der Waals surface area contributed by atoms with Gasteiger partial charge in [-0.3, -0.25) is 0 Å². The van der Waals surface area contributed by atoms with Gasteiger partial charge in [0.25, 0.3) is 4.73 Å². The summed E-state index contributed by atoms with van der Waals surface area (Å²) in [7, 11) is 0. The predicted molar refractivity (Wildman–Crippen MR) is 62.0 cm³/mol. The van der Waals surface area contributed by atoms with Crippen LogP contribution in [0.4, 0.5) is 5.95 Å². The molecule has 1 rings (SSSR count). The number of nitro groups is 1. The van der Waals surface area contributed by atoms with Gasteiger partial charge in [-0.15, -0.1) is 0 Å². The van der Waals surface area contributed by atoms with Crippen LogP contribution in [0.25, 0.3) is 0 Å². The van der Waals surface area contributed by atoms with Crippen LogP contribution in [-0.2, 0) is 6.54 Å². The van der Waals surface area contributed by atoms with E-state index in [4.69, 9.17) is 0 Å². The third kappa shape index (κ3) is 3.16. The number of aromatic nitrogens is 3. The van der Waals surface area contributed by atoms with Gasteiger partial charge >= 0.3 is 5.95 Å². The van der Waals surface area contributed by atoms with E-state index >= 15 is 0 Å². The Morgan fingerprint density at radius 2 is 2.40 bits per heavy atom. The maximum atomic E-state index is 10.4. The van der Waals surface area contributed by atoms with Gasteiger partial charge in [0.1, 0.15) is 0 Å². The molecule has 0 saturated carbocycles. The smallest absolute Gasteiger partial charge is 0.390 e. The van der Waals surface area contributed by atoms with Crippen LogP contribution < -0.4 is 0 Å². The van der Waals surface area contributed by atoms with Crippen LogP contribution in [0.3, 0.4) is 0 Å². The Labute approximate surface area is 101 Å². The second-order valence-corrected chi connectivity index (χ2v) is 4.15. The zero-order valence-corrected chi connectivity index (χ0v) is 10.6. The van der Waals surface area contributed by atoms with Crippen LogP contribution in [0.5, 0.6) is 0 Å². The Balaban J connectivity index is 2.81. The highest BCUT2D eigenvalue weighted by molar-refractivity contribution is 9.10. The largest absolute Gasteiger partial charge is 0.492 e. The van der Waals surface area contributed by atoms with E-state index in [1.54, 1.807) is 0 Å². The first kappa shape index (κ1) is 12.4. The molecule has 1 aromatic heterocycles. The van der Waals surface area contributed by atoms with Gasteiger partial charge in [-0.05, 0) is 21.6 Å². The molecule has 0 aliphatic heterocycles.